The Balaban J connectivity index is 2.02. The van der Waals surface area contributed by atoms with Gasteiger partial charge in [-0.15, -0.1) is 0 Å². The molecule has 0 spiro atoms. The summed E-state index contributed by atoms with van der Waals surface area (Å²) in [5, 5.41) is 19.8. The van der Waals surface area contributed by atoms with E-state index in [2.05, 4.69) is 4.98 Å². The maximum absolute atomic E-state index is 9.44. The second-order valence-corrected chi connectivity index (χ2v) is 6.50. The number of aromatic amines is 1. The molecule has 21 heavy (non-hydrogen) atoms. The van der Waals surface area contributed by atoms with Crippen LogP contribution in [-0.2, 0) is 9.31 Å². The first kappa shape index (κ1) is 14.7. The highest BCUT2D eigenvalue weighted by molar-refractivity contribution is 6.64. The van der Waals surface area contributed by atoms with Gasteiger partial charge >= 0.3 is 14.2 Å². The molecule has 1 saturated heterocycles. The van der Waals surface area contributed by atoms with Crippen LogP contribution in [0.1, 0.15) is 27.7 Å². The summed E-state index contributed by atoms with van der Waals surface area (Å²) in [4.78, 5) is 3.19. The van der Waals surface area contributed by atoms with E-state index in [0.717, 1.165) is 11.0 Å². The van der Waals surface area contributed by atoms with Crippen molar-refractivity contribution in [3.05, 3.63) is 24.3 Å². The van der Waals surface area contributed by atoms with Crippen molar-refractivity contribution >= 4 is 36.2 Å². The Morgan fingerprint density at radius 3 is 2.29 bits per heavy atom. The van der Waals surface area contributed by atoms with Crippen molar-refractivity contribution in [2.24, 2.45) is 0 Å². The van der Waals surface area contributed by atoms with Crippen LogP contribution in [0.25, 0.3) is 10.9 Å². The zero-order chi connectivity index (χ0) is 15.4. The number of fused-ring (bicyclic) bond motifs is 1. The molecule has 0 bridgehead atoms. The molecule has 0 amide bonds. The molecule has 110 valence electrons. The van der Waals surface area contributed by atoms with Gasteiger partial charge in [-0.2, -0.15) is 0 Å². The first-order valence-corrected chi connectivity index (χ1v) is 7.04. The van der Waals surface area contributed by atoms with Crippen molar-refractivity contribution in [1.82, 2.24) is 4.98 Å². The normalized spacial score (nSPS) is 20.2. The zero-order valence-corrected chi connectivity index (χ0v) is 12.7. The molecule has 1 fully saturated rings. The maximum Gasteiger partial charge on any atom is 0.512 e. The van der Waals surface area contributed by atoms with Crippen molar-refractivity contribution in [3.63, 3.8) is 0 Å². The van der Waals surface area contributed by atoms with Gasteiger partial charge in [0.15, 0.2) is 0 Å². The second-order valence-electron chi connectivity index (χ2n) is 6.50. The fraction of sp³-hybridized carbons (Fsp3) is 0.429. The van der Waals surface area contributed by atoms with E-state index in [-0.39, 0.29) is 0 Å². The van der Waals surface area contributed by atoms with Gasteiger partial charge in [-0.05, 0) is 39.1 Å². The summed E-state index contributed by atoms with van der Waals surface area (Å²) in [5.74, 6) is 0. The average Bonchev–Trinajstić information content (AvgIpc) is 2.88. The number of aromatic nitrogens is 1. The van der Waals surface area contributed by atoms with E-state index >= 15 is 0 Å². The smallest absolute Gasteiger partial charge is 0.423 e. The fourth-order valence-corrected chi connectivity index (χ4v) is 2.51. The van der Waals surface area contributed by atoms with Gasteiger partial charge in [-0.25, -0.2) is 0 Å². The molecule has 0 saturated carbocycles. The van der Waals surface area contributed by atoms with Gasteiger partial charge < -0.3 is 24.3 Å². The van der Waals surface area contributed by atoms with Crippen LogP contribution >= 0.6 is 0 Å². The van der Waals surface area contributed by atoms with Crippen molar-refractivity contribution in [1.29, 1.82) is 0 Å². The summed E-state index contributed by atoms with van der Waals surface area (Å²) in [6.07, 6.45) is 0. The highest BCUT2D eigenvalue weighted by atomic mass is 16.7. The highest BCUT2D eigenvalue weighted by Crippen LogP contribution is 2.36. The quantitative estimate of drug-likeness (QED) is 0.687. The van der Waals surface area contributed by atoms with Gasteiger partial charge in [0, 0.05) is 16.6 Å². The zero-order valence-electron chi connectivity index (χ0n) is 12.7. The number of nitrogens with one attached hydrogen (secondary N) is 1. The molecule has 3 rings (SSSR count). The highest BCUT2D eigenvalue weighted by Gasteiger charge is 2.52. The molecule has 1 aromatic heterocycles. The molecule has 5 nitrogen and oxygen atoms in total. The van der Waals surface area contributed by atoms with Gasteiger partial charge in [0.1, 0.15) is 0 Å². The van der Waals surface area contributed by atoms with Crippen molar-refractivity contribution < 1.29 is 19.4 Å². The Morgan fingerprint density at radius 1 is 1.10 bits per heavy atom. The molecule has 7 heteroatoms. The summed E-state index contributed by atoms with van der Waals surface area (Å²) in [7, 11) is -2.01. The standard InChI is InChI=1S/C14H19B2NO4/c1-13(2)14(3,4)21-16(20-13)11-8-9-6-5-7-10(15(18)19)12(9)17-11/h5-8,17-19H,1-4H3. The summed E-state index contributed by atoms with van der Waals surface area (Å²) in [5.41, 5.74) is 1.09. The second kappa shape index (κ2) is 4.61. The fourth-order valence-electron chi connectivity index (χ4n) is 2.51. The van der Waals surface area contributed by atoms with Gasteiger partial charge in [0.05, 0.1) is 11.2 Å². The Labute approximate surface area is 124 Å². The van der Waals surface area contributed by atoms with Crippen LogP contribution < -0.4 is 11.1 Å². The molecule has 0 unspecified atom stereocenters. The SMILES string of the molecule is CC1(C)OB(c2cc3cccc(B(O)O)c3[nH]2)OC1(C)C. The molecule has 0 aliphatic carbocycles. The summed E-state index contributed by atoms with van der Waals surface area (Å²) >= 11 is 0. The molecule has 1 aliphatic rings. The van der Waals surface area contributed by atoms with Gasteiger partial charge in [0.25, 0.3) is 0 Å². The predicted molar refractivity (Wildman–Crippen MR) is 83.8 cm³/mol. The monoisotopic (exact) mass is 287 g/mol. The Morgan fingerprint density at radius 2 is 1.71 bits per heavy atom. The van der Waals surface area contributed by atoms with E-state index in [1.165, 1.54) is 0 Å². The Kier molecular flexibility index (Phi) is 3.22. The molecule has 0 atom stereocenters. The van der Waals surface area contributed by atoms with Crippen LogP contribution in [0.15, 0.2) is 24.3 Å². The van der Waals surface area contributed by atoms with Crippen LogP contribution in [0.4, 0.5) is 0 Å². The number of benzene rings is 1. The van der Waals surface area contributed by atoms with Crippen molar-refractivity contribution in [3.8, 4) is 0 Å². The number of para-hydroxylation sites is 1. The first-order valence-electron chi connectivity index (χ1n) is 7.04. The molecular weight excluding hydrogens is 268 g/mol. The lowest BCUT2D eigenvalue weighted by atomic mass is 9.79. The number of rotatable bonds is 2. The maximum atomic E-state index is 9.44. The number of hydrogen-bond donors (Lipinski definition) is 3. The van der Waals surface area contributed by atoms with E-state index in [1.807, 2.05) is 39.8 Å². The Bertz CT molecular complexity index is 665. The molecular formula is C14H19B2NO4. The Hall–Kier alpha value is -1.27. The van der Waals surface area contributed by atoms with E-state index < -0.39 is 25.4 Å². The number of H-pyrrole nitrogens is 1. The lowest BCUT2D eigenvalue weighted by Crippen LogP contribution is -2.41. The molecule has 2 aromatic rings. The third-order valence-electron chi connectivity index (χ3n) is 4.49. The molecule has 0 radical (unpaired) electrons. The lowest BCUT2D eigenvalue weighted by Gasteiger charge is -2.32. The van der Waals surface area contributed by atoms with E-state index in [1.54, 1.807) is 12.1 Å². The van der Waals surface area contributed by atoms with E-state index in [9.17, 15) is 10.0 Å². The van der Waals surface area contributed by atoms with Gasteiger partial charge in [-0.3, -0.25) is 0 Å². The molecule has 1 aromatic carbocycles. The minimum atomic E-state index is -1.52. The third-order valence-corrected chi connectivity index (χ3v) is 4.49. The van der Waals surface area contributed by atoms with Gasteiger partial charge in [-0.1, -0.05) is 18.2 Å². The molecule has 2 heterocycles. The summed E-state index contributed by atoms with van der Waals surface area (Å²) in [6, 6.07) is 7.30. The minimum absolute atomic E-state index is 0.408. The van der Waals surface area contributed by atoms with Crippen LogP contribution in [0.3, 0.4) is 0 Å². The summed E-state index contributed by atoms with van der Waals surface area (Å²) < 4.78 is 12.0. The van der Waals surface area contributed by atoms with E-state index in [0.29, 0.717) is 11.0 Å². The predicted octanol–water partition coefficient (Wildman–Crippen LogP) is 0.147. The number of hydrogen-bond acceptors (Lipinski definition) is 4. The lowest BCUT2D eigenvalue weighted by molar-refractivity contribution is 0.00578. The minimum Gasteiger partial charge on any atom is -0.423 e. The van der Waals surface area contributed by atoms with Crippen LogP contribution in [0.2, 0.25) is 0 Å². The van der Waals surface area contributed by atoms with Crippen LogP contribution in [0.5, 0.6) is 0 Å². The van der Waals surface area contributed by atoms with E-state index in [4.69, 9.17) is 9.31 Å². The largest absolute Gasteiger partial charge is 0.512 e. The average molecular weight is 287 g/mol. The molecule has 1 aliphatic heterocycles. The van der Waals surface area contributed by atoms with Crippen molar-refractivity contribution in [2.45, 2.75) is 38.9 Å². The molecule has 3 N–H and O–H groups in total. The van der Waals surface area contributed by atoms with Crippen molar-refractivity contribution in [2.75, 3.05) is 0 Å². The van der Waals surface area contributed by atoms with Gasteiger partial charge in [0.2, 0.25) is 0 Å². The first-order chi connectivity index (χ1) is 9.71. The van der Waals surface area contributed by atoms with Crippen LogP contribution in [-0.4, -0.2) is 40.5 Å². The summed E-state index contributed by atoms with van der Waals surface area (Å²) in [6.45, 7) is 7.99. The third kappa shape index (κ3) is 2.30. The topological polar surface area (TPSA) is 74.7 Å². The van der Waals surface area contributed by atoms with Crippen LogP contribution in [0, 0.1) is 0 Å².